The average molecular weight is 255 g/mol. The molecule has 14 heavy (non-hydrogen) atoms. The van der Waals surface area contributed by atoms with E-state index in [0.717, 1.165) is 23.9 Å². The van der Waals surface area contributed by atoms with Crippen LogP contribution in [-0.2, 0) is 6.54 Å². The third-order valence-electron chi connectivity index (χ3n) is 2.66. The second-order valence-electron chi connectivity index (χ2n) is 3.94. The first kappa shape index (κ1) is 10.1. The highest BCUT2D eigenvalue weighted by atomic mass is 79.9. The molecule has 0 bridgehead atoms. The summed E-state index contributed by atoms with van der Waals surface area (Å²) in [5.41, 5.74) is 7.03. The number of nitrogens with one attached hydrogen (secondary N) is 1. The van der Waals surface area contributed by atoms with Crippen LogP contribution in [0.2, 0.25) is 0 Å². The molecule has 0 aliphatic heterocycles. The molecule has 0 spiro atoms. The van der Waals surface area contributed by atoms with Crippen LogP contribution in [0.3, 0.4) is 0 Å². The van der Waals surface area contributed by atoms with Crippen molar-refractivity contribution in [3.05, 3.63) is 34.3 Å². The summed E-state index contributed by atoms with van der Waals surface area (Å²) < 4.78 is 1.14. The van der Waals surface area contributed by atoms with E-state index in [2.05, 4.69) is 39.4 Å². The van der Waals surface area contributed by atoms with E-state index in [0.29, 0.717) is 12.1 Å². The van der Waals surface area contributed by atoms with Gasteiger partial charge in [-0.15, -0.1) is 0 Å². The zero-order valence-corrected chi connectivity index (χ0v) is 9.63. The van der Waals surface area contributed by atoms with Crippen LogP contribution >= 0.6 is 15.9 Å². The topological polar surface area (TPSA) is 38.0 Å². The lowest BCUT2D eigenvalue weighted by Gasteiger charge is -2.33. The maximum Gasteiger partial charge on any atom is 0.0208 e. The van der Waals surface area contributed by atoms with E-state index in [-0.39, 0.29) is 0 Å². The molecule has 0 unspecified atom stereocenters. The average Bonchev–Trinajstić information content (AvgIpc) is 2.11. The molecule has 1 aromatic rings. The third-order valence-corrected chi connectivity index (χ3v) is 3.15. The Kier molecular flexibility index (Phi) is 3.21. The first-order valence-electron chi connectivity index (χ1n) is 4.97. The fourth-order valence-corrected chi connectivity index (χ4v) is 2.18. The molecular weight excluding hydrogens is 240 g/mol. The van der Waals surface area contributed by atoms with Crippen LogP contribution in [0, 0.1) is 0 Å². The van der Waals surface area contributed by atoms with Crippen LogP contribution in [0.15, 0.2) is 28.7 Å². The molecule has 0 amide bonds. The van der Waals surface area contributed by atoms with Crippen LogP contribution in [0.1, 0.15) is 18.4 Å². The largest absolute Gasteiger partial charge is 0.328 e. The van der Waals surface area contributed by atoms with Gasteiger partial charge >= 0.3 is 0 Å². The van der Waals surface area contributed by atoms with Gasteiger partial charge in [-0.05, 0) is 30.5 Å². The maximum absolute atomic E-state index is 5.71. The molecule has 0 atom stereocenters. The molecule has 0 heterocycles. The van der Waals surface area contributed by atoms with Gasteiger partial charge in [0.25, 0.3) is 0 Å². The highest BCUT2D eigenvalue weighted by Gasteiger charge is 2.24. The quantitative estimate of drug-likeness (QED) is 0.867. The number of rotatable bonds is 3. The van der Waals surface area contributed by atoms with Crippen molar-refractivity contribution in [2.75, 3.05) is 0 Å². The Balaban J connectivity index is 1.80. The fraction of sp³-hybridized carbons (Fsp3) is 0.455. The van der Waals surface area contributed by atoms with Crippen molar-refractivity contribution in [3.8, 4) is 0 Å². The summed E-state index contributed by atoms with van der Waals surface area (Å²) in [5.74, 6) is 0. The Hall–Kier alpha value is -0.380. The van der Waals surface area contributed by atoms with E-state index in [4.69, 9.17) is 5.73 Å². The summed E-state index contributed by atoms with van der Waals surface area (Å²) in [6.07, 6.45) is 2.24. The lowest BCUT2D eigenvalue weighted by atomic mass is 9.87. The van der Waals surface area contributed by atoms with Gasteiger partial charge in [0, 0.05) is 23.1 Å². The van der Waals surface area contributed by atoms with Crippen molar-refractivity contribution in [1.29, 1.82) is 0 Å². The Morgan fingerprint density at radius 1 is 1.43 bits per heavy atom. The van der Waals surface area contributed by atoms with Gasteiger partial charge in [-0.25, -0.2) is 0 Å². The van der Waals surface area contributed by atoms with Crippen molar-refractivity contribution >= 4 is 15.9 Å². The minimum absolute atomic E-state index is 0.426. The lowest BCUT2D eigenvalue weighted by Crippen LogP contribution is -2.48. The first-order chi connectivity index (χ1) is 6.74. The highest BCUT2D eigenvalue weighted by Crippen LogP contribution is 2.18. The fourth-order valence-electron chi connectivity index (χ4n) is 1.74. The molecule has 2 rings (SSSR count). The lowest BCUT2D eigenvalue weighted by molar-refractivity contribution is 0.291. The Morgan fingerprint density at radius 2 is 2.21 bits per heavy atom. The normalized spacial score (nSPS) is 25.9. The molecule has 1 aromatic carbocycles. The molecule has 76 valence electrons. The number of hydrogen-bond acceptors (Lipinski definition) is 2. The van der Waals surface area contributed by atoms with Gasteiger partial charge in [-0.2, -0.15) is 0 Å². The van der Waals surface area contributed by atoms with Crippen molar-refractivity contribution in [1.82, 2.24) is 5.32 Å². The van der Waals surface area contributed by atoms with Crippen LogP contribution < -0.4 is 11.1 Å². The van der Waals surface area contributed by atoms with Crippen molar-refractivity contribution < 1.29 is 0 Å². The summed E-state index contributed by atoms with van der Waals surface area (Å²) in [6, 6.07) is 9.44. The van der Waals surface area contributed by atoms with Gasteiger partial charge < -0.3 is 11.1 Å². The number of benzene rings is 1. The summed E-state index contributed by atoms with van der Waals surface area (Å²) in [5, 5.41) is 3.49. The third kappa shape index (κ3) is 2.56. The van der Waals surface area contributed by atoms with E-state index < -0.39 is 0 Å². The predicted molar refractivity (Wildman–Crippen MR) is 62.0 cm³/mol. The van der Waals surface area contributed by atoms with E-state index in [9.17, 15) is 0 Å². The summed E-state index contributed by atoms with van der Waals surface area (Å²) in [4.78, 5) is 0. The van der Waals surface area contributed by atoms with Gasteiger partial charge in [-0.3, -0.25) is 0 Å². The van der Waals surface area contributed by atoms with E-state index in [1.807, 2.05) is 6.07 Å². The SMILES string of the molecule is NC1CC(NCc2cccc(Br)c2)C1. The molecule has 3 heteroatoms. The van der Waals surface area contributed by atoms with Gasteiger partial charge in [0.05, 0.1) is 0 Å². The molecule has 0 radical (unpaired) electrons. The molecule has 1 saturated carbocycles. The second-order valence-corrected chi connectivity index (χ2v) is 4.85. The van der Waals surface area contributed by atoms with Gasteiger partial charge in [0.1, 0.15) is 0 Å². The molecule has 1 fully saturated rings. The molecule has 2 nitrogen and oxygen atoms in total. The highest BCUT2D eigenvalue weighted by molar-refractivity contribution is 9.10. The number of halogens is 1. The van der Waals surface area contributed by atoms with Crippen molar-refractivity contribution in [3.63, 3.8) is 0 Å². The Morgan fingerprint density at radius 3 is 2.86 bits per heavy atom. The summed E-state index contributed by atoms with van der Waals surface area (Å²) in [6.45, 7) is 0.941. The number of hydrogen-bond donors (Lipinski definition) is 2. The van der Waals surface area contributed by atoms with Crippen LogP contribution in [0.4, 0.5) is 0 Å². The number of nitrogens with two attached hydrogens (primary N) is 1. The minimum atomic E-state index is 0.426. The zero-order valence-electron chi connectivity index (χ0n) is 8.04. The molecule has 0 saturated heterocycles. The van der Waals surface area contributed by atoms with Crippen LogP contribution in [-0.4, -0.2) is 12.1 Å². The standard InChI is InChI=1S/C11H15BrN2/c12-9-3-1-2-8(4-9)7-14-11-5-10(13)6-11/h1-4,10-11,14H,5-7,13H2. The molecule has 3 N–H and O–H groups in total. The monoisotopic (exact) mass is 254 g/mol. The van der Waals surface area contributed by atoms with E-state index in [1.54, 1.807) is 0 Å². The van der Waals surface area contributed by atoms with Crippen LogP contribution in [0.25, 0.3) is 0 Å². The molecule has 0 aromatic heterocycles. The minimum Gasteiger partial charge on any atom is -0.328 e. The zero-order chi connectivity index (χ0) is 9.97. The van der Waals surface area contributed by atoms with Gasteiger partial charge in [0.2, 0.25) is 0 Å². The first-order valence-corrected chi connectivity index (χ1v) is 5.77. The Labute approximate surface area is 93.0 Å². The van der Waals surface area contributed by atoms with Crippen molar-refractivity contribution in [2.45, 2.75) is 31.5 Å². The molecular formula is C11H15BrN2. The van der Waals surface area contributed by atoms with Crippen molar-refractivity contribution in [2.24, 2.45) is 5.73 Å². The maximum atomic E-state index is 5.71. The Bertz CT molecular complexity index is 308. The predicted octanol–water partition coefficient (Wildman–Crippen LogP) is 2.03. The second kappa shape index (κ2) is 4.43. The smallest absolute Gasteiger partial charge is 0.0208 e. The van der Waals surface area contributed by atoms with E-state index >= 15 is 0 Å². The summed E-state index contributed by atoms with van der Waals surface area (Å²) in [7, 11) is 0. The molecule has 1 aliphatic carbocycles. The van der Waals surface area contributed by atoms with E-state index in [1.165, 1.54) is 5.56 Å². The van der Waals surface area contributed by atoms with Crippen LogP contribution in [0.5, 0.6) is 0 Å². The van der Waals surface area contributed by atoms with Gasteiger partial charge in [-0.1, -0.05) is 28.1 Å². The summed E-state index contributed by atoms with van der Waals surface area (Å²) >= 11 is 3.46. The molecule has 1 aliphatic rings. The van der Waals surface area contributed by atoms with Gasteiger partial charge in [0.15, 0.2) is 0 Å².